The summed E-state index contributed by atoms with van der Waals surface area (Å²) in [4.78, 5) is 0. The predicted molar refractivity (Wildman–Crippen MR) is 52.9 cm³/mol. The minimum Gasteiger partial charge on any atom is -0.304 e. The highest BCUT2D eigenvalue weighted by Gasteiger charge is 2.35. The number of hydrogen-bond acceptors (Lipinski definition) is 2. The van der Waals surface area contributed by atoms with Crippen LogP contribution in [-0.4, -0.2) is 17.3 Å². The molecule has 1 aliphatic rings. The van der Waals surface area contributed by atoms with Crippen molar-refractivity contribution in [3.63, 3.8) is 0 Å². The lowest BCUT2D eigenvalue weighted by Gasteiger charge is -2.22. The van der Waals surface area contributed by atoms with E-state index in [-0.39, 0.29) is 24.5 Å². The van der Waals surface area contributed by atoms with Crippen LogP contribution in [-0.2, 0) is 0 Å². The van der Waals surface area contributed by atoms with Gasteiger partial charge in [0.2, 0.25) is 0 Å². The Morgan fingerprint density at radius 1 is 1.57 bits per heavy atom. The van der Waals surface area contributed by atoms with E-state index in [2.05, 4.69) is 12.2 Å². The summed E-state index contributed by atoms with van der Waals surface area (Å²) in [6.45, 7) is 0. The van der Waals surface area contributed by atoms with E-state index >= 15 is 0 Å². The number of thiocarbonyl (C=S) groups is 1. The molecule has 0 saturated carbocycles. The van der Waals surface area contributed by atoms with E-state index in [1.54, 1.807) is 0 Å². The fraction of sp³-hybridized carbons (Fsp3) is 0.556. The van der Waals surface area contributed by atoms with Gasteiger partial charge in [0.1, 0.15) is 0 Å². The lowest BCUT2D eigenvalue weighted by atomic mass is 9.86. The molecular weight excluding hydrogens is 211 g/mol. The summed E-state index contributed by atoms with van der Waals surface area (Å²) in [6, 6.07) is 0. The van der Waals surface area contributed by atoms with Crippen molar-refractivity contribution in [2.75, 3.05) is 0 Å². The van der Waals surface area contributed by atoms with E-state index < -0.39 is 11.7 Å². The third-order valence-corrected chi connectivity index (χ3v) is 2.60. The van der Waals surface area contributed by atoms with Crippen LogP contribution in [0.3, 0.4) is 0 Å². The van der Waals surface area contributed by atoms with Gasteiger partial charge in [0, 0.05) is 22.6 Å². The number of nitrogens with one attached hydrogen (secondary N) is 1. The fourth-order valence-corrected chi connectivity index (χ4v) is 1.66. The molecule has 0 radical (unpaired) electrons. The van der Waals surface area contributed by atoms with E-state index in [0.29, 0.717) is 6.42 Å². The molecule has 0 aromatic heterocycles. The molecule has 0 spiro atoms. The Balaban J connectivity index is 2.64. The van der Waals surface area contributed by atoms with Gasteiger partial charge in [-0.25, -0.2) is 0 Å². The molecule has 0 saturated heterocycles. The minimum atomic E-state index is -4.20. The van der Waals surface area contributed by atoms with Crippen molar-refractivity contribution in [2.45, 2.75) is 25.4 Å². The summed E-state index contributed by atoms with van der Waals surface area (Å²) in [5, 5.41) is 8.62. The normalized spacial score (nSPS) is 22.8. The van der Waals surface area contributed by atoms with Crippen molar-refractivity contribution in [1.82, 2.24) is 0 Å². The lowest BCUT2D eigenvalue weighted by molar-refractivity contribution is -0.0953. The second-order valence-electron chi connectivity index (χ2n) is 3.27. The monoisotopic (exact) mass is 221 g/mol. The summed E-state index contributed by atoms with van der Waals surface area (Å²) in [7, 11) is 0. The number of hydrogen-bond donors (Lipinski definition) is 1. The maximum atomic E-state index is 12.2. The molecule has 1 aliphatic carbocycles. The van der Waals surface area contributed by atoms with Gasteiger partial charge in [-0.05, 0) is 19.3 Å². The van der Waals surface area contributed by atoms with Crippen molar-refractivity contribution in [3.8, 4) is 0 Å². The van der Waals surface area contributed by atoms with Crippen molar-refractivity contribution in [2.24, 2.45) is 5.92 Å². The molecule has 0 fully saturated rings. The van der Waals surface area contributed by atoms with Gasteiger partial charge < -0.3 is 5.41 Å². The summed E-state index contributed by atoms with van der Waals surface area (Å²) < 4.78 is 36.6. The van der Waals surface area contributed by atoms with Gasteiger partial charge in [-0.1, -0.05) is 18.3 Å². The number of allylic oxidation sites excluding steroid dienone is 2. The largest absolute Gasteiger partial charge is 0.412 e. The van der Waals surface area contributed by atoms with E-state index in [1.165, 1.54) is 11.4 Å². The highest BCUT2D eigenvalue weighted by atomic mass is 32.1. The SMILES string of the molecule is N=C(C=S)C1CC=C(C(F)(F)F)CC1. The van der Waals surface area contributed by atoms with E-state index in [0.717, 1.165) is 0 Å². The summed E-state index contributed by atoms with van der Waals surface area (Å²) in [6.07, 6.45) is -2.37. The fourth-order valence-electron chi connectivity index (χ4n) is 1.47. The van der Waals surface area contributed by atoms with Crippen LogP contribution in [0.15, 0.2) is 11.6 Å². The van der Waals surface area contributed by atoms with E-state index in [9.17, 15) is 13.2 Å². The second kappa shape index (κ2) is 4.21. The molecule has 14 heavy (non-hydrogen) atoms. The van der Waals surface area contributed by atoms with Gasteiger partial charge in [-0.3, -0.25) is 0 Å². The average Bonchev–Trinajstić information content (AvgIpc) is 2.15. The van der Waals surface area contributed by atoms with Crippen molar-refractivity contribution >= 4 is 23.3 Å². The van der Waals surface area contributed by atoms with Gasteiger partial charge in [0.15, 0.2) is 0 Å². The third kappa shape index (κ3) is 2.64. The highest BCUT2D eigenvalue weighted by Crippen LogP contribution is 2.35. The average molecular weight is 221 g/mol. The van der Waals surface area contributed by atoms with E-state index in [1.807, 2.05) is 0 Å². The molecule has 0 aliphatic heterocycles. The zero-order valence-corrected chi connectivity index (χ0v) is 8.21. The van der Waals surface area contributed by atoms with Gasteiger partial charge in [0.05, 0.1) is 0 Å². The van der Waals surface area contributed by atoms with Crippen LogP contribution in [0.5, 0.6) is 0 Å². The molecule has 1 rings (SSSR count). The quantitative estimate of drug-likeness (QED) is 0.432. The zero-order chi connectivity index (χ0) is 10.8. The molecule has 1 atom stereocenters. The van der Waals surface area contributed by atoms with Crippen LogP contribution in [0.1, 0.15) is 19.3 Å². The Bertz CT molecular complexity index is 280. The number of rotatable bonds is 2. The van der Waals surface area contributed by atoms with Crippen molar-refractivity contribution < 1.29 is 13.2 Å². The summed E-state index contributed by atoms with van der Waals surface area (Å²) in [5.41, 5.74) is -0.205. The maximum Gasteiger partial charge on any atom is 0.412 e. The van der Waals surface area contributed by atoms with Crippen LogP contribution < -0.4 is 0 Å². The van der Waals surface area contributed by atoms with Gasteiger partial charge >= 0.3 is 6.18 Å². The molecule has 1 nitrogen and oxygen atoms in total. The first-order valence-electron chi connectivity index (χ1n) is 4.25. The molecule has 1 unspecified atom stereocenters. The first kappa shape index (κ1) is 11.4. The molecule has 0 aromatic rings. The Hall–Kier alpha value is -0.710. The summed E-state index contributed by atoms with van der Waals surface area (Å²) in [5.74, 6) is -0.126. The molecule has 0 heterocycles. The Morgan fingerprint density at radius 2 is 2.21 bits per heavy atom. The number of alkyl halides is 3. The molecule has 0 aromatic carbocycles. The van der Waals surface area contributed by atoms with Crippen LogP contribution >= 0.6 is 12.2 Å². The van der Waals surface area contributed by atoms with Crippen molar-refractivity contribution in [1.29, 1.82) is 5.41 Å². The first-order valence-corrected chi connectivity index (χ1v) is 4.72. The molecule has 78 valence electrons. The smallest absolute Gasteiger partial charge is 0.304 e. The molecule has 0 bridgehead atoms. The standard InChI is InChI=1S/C9H10F3NS/c10-9(11,12)7-3-1-6(2-4-7)8(13)5-14/h3,5-6,13H,1-2,4H2. The van der Waals surface area contributed by atoms with Crippen LogP contribution in [0.4, 0.5) is 13.2 Å². The lowest BCUT2D eigenvalue weighted by Crippen LogP contribution is -2.21. The molecule has 5 heteroatoms. The maximum absolute atomic E-state index is 12.2. The Morgan fingerprint density at radius 3 is 2.57 bits per heavy atom. The van der Waals surface area contributed by atoms with Crippen molar-refractivity contribution in [3.05, 3.63) is 11.6 Å². The van der Waals surface area contributed by atoms with Crippen LogP contribution in [0, 0.1) is 11.3 Å². The third-order valence-electron chi connectivity index (χ3n) is 2.34. The zero-order valence-electron chi connectivity index (χ0n) is 7.40. The predicted octanol–water partition coefficient (Wildman–Crippen LogP) is 3.29. The minimum absolute atomic E-state index is 0.000278. The molecule has 1 N–H and O–H groups in total. The van der Waals surface area contributed by atoms with Gasteiger partial charge in [-0.2, -0.15) is 13.2 Å². The highest BCUT2D eigenvalue weighted by molar-refractivity contribution is 7.80. The van der Waals surface area contributed by atoms with Crippen LogP contribution in [0.25, 0.3) is 0 Å². The molecule has 0 amide bonds. The first-order chi connectivity index (χ1) is 6.45. The van der Waals surface area contributed by atoms with Gasteiger partial charge in [0.25, 0.3) is 0 Å². The Kier molecular flexibility index (Phi) is 3.42. The second-order valence-corrected chi connectivity index (χ2v) is 3.51. The van der Waals surface area contributed by atoms with Gasteiger partial charge in [-0.15, -0.1) is 0 Å². The summed E-state index contributed by atoms with van der Waals surface area (Å²) >= 11 is 4.57. The van der Waals surface area contributed by atoms with Crippen LogP contribution in [0.2, 0.25) is 0 Å². The Labute approximate surface area is 85.5 Å². The topological polar surface area (TPSA) is 23.9 Å². The number of halogens is 3. The van der Waals surface area contributed by atoms with E-state index in [4.69, 9.17) is 5.41 Å². The molecular formula is C9H10F3NS.